The van der Waals surface area contributed by atoms with Crippen LogP contribution in [0.4, 0.5) is 4.79 Å². The minimum atomic E-state index is -0.171. The minimum absolute atomic E-state index is 0.0840. The van der Waals surface area contributed by atoms with Crippen molar-refractivity contribution in [2.45, 2.75) is 26.4 Å². The number of hydrogen-bond acceptors (Lipinski definition) is 4. The summed E-state index contributed by atoms with van der Waals surface area (Å²) >= 11 is 1.65. The second-order valence-electron chi connectivity index (χ2n) is 5.51. The van der Waals surface area contributed by atoms with Crippen LogP contribution < -0.4 is 10.6 Å². The number of nitrogens with zero attached hydrogens (tertiary/aromatic N) is 3. The topological polar surface area (TPSA) is 71.8 Å². The number of urea groups is 1. The molecule has 3 rings (SSSR count). The van der Waals surface area contributed by atoms with E-state index in [1.165, 1.54) is 16.8 Å². The smallest absolute Gasteiger partial charge is 0.315 e. The summed E-state index contributed by atoms with van der Waals surface area (Å²) in [5.74, 6) is 0. The fourth-order valence-corrected chi connectivity index (χ4v) is 3.18. The lowest BCUT2D eigenvalue weighted by molar-refractivity contribution is 0.237. The predicted octanol–water partition coefficient (Wildman–Crippen LogP) is 3.20. The van der Waals surface area contributed by atoms with Gasteiger partial charge in [-0.2, -0.15) is 5.10 Å². The molecular weight excluding hydrogens is 322 g/mol. The zero-order valence-electron chi connectivity index (χ0n) is 13.6. The number of rotatable bonds is 5. The van der Waals surface area contributed by atoms with E-state index in [1.54, 1.807) is 22.3 Å². The molecule has 2 aromatic heterocycles. The molecule has 7 heteroatoms. The minimum Gasteiger partial charge on any atom is -0.333 e. The first kappa shape index (κ1) is 16.2. The van der Waals surface area contributed by atoms with E-state index in [9.17, 15) is 4.79 Å². The molecule has 2 amide bonds. The van der Waals surface area contributed by atoms with Crippen LogP contribution in [0.2, 0.25) is 0 Å². The van der Waals surface area contributed by atoms with Crippen molar-refractivity contribution in [1.29, 1.82) is 0 Å². The van der Waals surface area contributed by atoms with Gasteiger partial charge in [-0.1, -0.05) is 12.1 Å². The highest BCUT2D eigenvalue weighted by Gasteiger charge is 2.10. The van der Waals surface area contributed by atoms with Gasteiger partial charge in [0.25, 0.3) is 0 Å². The molecule has 1 unspecified atom stereocenters. The quantitative estimate of drug-likeness (QED) is 0.748. The summed E-state index contributed by atoms with van der Waals surface area (Å²) in [6.45, 7) is 4.55. The molecule has 2 N–H and O–H groups in total. The van der Waals surface area contributed by atoms with Crippen LogP contribution in [-0.2, 0) is 6.54 Å². The lowest BCUT2D eigenvalue weighted by atomic mass is 10.1. The summed E-state index contributed by atoms with van der Waals surface area (Å²) < 4.78 is 1.69. The van der Waals surface area contributed by atoms with Crippen molar-refractivity contribution in [2.75, 3.05) is 0 Å². The molecule has 0 saturated carbocycles. The second kappa shape index (κ2) is 7.27. The van der Waals surface area contributed by atoms with Gasteiger partial charge in [-0.15, -0.1) is 11.3 Å². The van der Waals surface area contributed by atoms with E-state index < -0.39 is 0 Å². The van der Waals surface area contributed by atoms with Gasteiger partial charge in [0.2, 0.25) is 0 Å². The van der Waals surface area contributed by atoms with Gasteiger partial charge in [0.1, 0.15) is 12.7 Å². The van der Waals surface area contributed by atoms with Crippen LogP contribution in [0, 0.1) is 6.92 Å². The van der Waals surface area contributed by atoms with E-state index in [2.05, 4.69) is 26.8 Å². The van der Waals surface area contributed by atoms with Crippen molar-refractivity contribution in [3.63, 3.8) is 0 Å². The molecule has 24 heavy (non-hydrogen) atoms. The maximum atomic E-state index is 12.0. The molecule has 1 aromatic carbocycles. The highest BCUT2D eigenvalue weighted by atomic mass is 32.1. The van der Waals surface area contributed by atoms with E-state index in [1.807, 2.05) is 43.5 Å². The van der Waals surface area contributed by atoms with Gasteiger partial charge in [0.15, 0.2) is 0 Å². The molecule has 1 atom stereocenters. The van der Waals surface area contributed by atoms with E-state index in [0.717, 1.165) is 11.3 Å². The number of carbonyl (C=O) groups excluding carboxylic acids is 1. The van der Waals surface area contributed by atoms with Gasteiger partial charge in [0.05, 0.1) is 18.3 Å². The Morgan fingerprint density at radius 1 is 1.29 bits per heavy atom. The number of nitrogens with one attached hydrogen (secondary N) is 2. The third-order valence-electron chi connectivity index (χ3n) is 3.80. The summed E-state index contributed by atoms with van der Waals surface area (Å²) in [5.41, 5.74) is 3.17. The highest BCUT2D eigenvalue weighted by Crippen LogP contribution is 2.16. The molecular formula is C17H19N5OS. The number of hydrogen-bond donors (Lipinski definition) is 2. The molecule has 124 valence electrons. The van der Waals surface area contributed by atoms with Crippen molar-refractivity contribution in [1.82, 2.24) is 25.4 Å². The van der Waals surface area contributed by atoms with E-state index in [4.69, 9.17) is 0 Å². The first-order valence-electron chi connectivity index (χ1n) is 7.66. The first-order valence-corrected chi connectivity index (χ1v) is 8.54. The van der Waals surface area contributed by atoms with Gasteiger partial charge >= 0.3 is 6.03 Å². The number of benzene rings is 1. The number of thiophene rings is 1. The maximum absolute atomic E-state index is 12.0. The average Bonchev–Trinajstić information content (AvgIpc) is 3.25. The number of aryl methyl sites for hydroxylation is 1. The molecule has 0 aliphatic carbocycles. The van der Waals surface area contributed by atoms with Crippen molar-refractivity contribution < 1.29 is 4.79 Å². The summed E-state index contributed by atoms with van der Waals surface area (Å²) in [6.07, 6.45) is 3.15. The van der Waals surface area contributed by atoms with Crippen molar-refractivity contribution in [3.05, 3.63) is 64.4 Å². The fourth-order valence-electron chi connectivity index (χ4n) is 2.33. The first-order chi connectivity index (χ1) is 11.6. The monoisotopic (exact) mass is 341 g/mol. The van der Waals surface area contributed by atoms with Crippen molar-refractivity contribution in [3.8, 4) is 5.69 Å². The van der Waals surface area contributed by atoms with Crippen LogP contribution in [0.5, 0.6) is 0 Å². The zero-order chi connectivity index (χ0) is 16.9. The van der Waals surface area contributed by atoms with Crippen LogP contribution in [-0.4, -0.2) is 20.8 Å². The molecule has 0 aliphatic rings. The Balaban J connectivity index is 1.55. The molecule has 0 fully saturated rings. The van der Waals surface area contributed by atoms with Crippen LogP contribution in [0.15, 0.2) is 48.4 Å². The van der Waals surface area contributed by atoms with Gasteiger partial charge in [-0.3, -0.25) is 0 Å². The van der Waals surface area contributed by atoms with E-state index in [-0.39, 0.29) is 12.1 Å². The normalized spacial score (nSPS) is 11.9. The van der Waals surface area contributed by atoms with Gasteiger partial charge in [0, 0.05) is 4.88 Å². The SMILES string of the molecule is Cc1ccsc1CNC(=O)NC(C)c1ccc(-n2cncn2)cc1. The van der Waals surface area contributed by atoms with Crippen LogP contribution >= 0.6 is 11.3 Å². The Bertz CT molecular complexity index is 795. The Hall–Kier alpha value is -2.67. The van der Waals surface area contributed by atoms with Crippen molar-refractivity contribution in [2.24, 2.45) is 0 Å². The number of aromatic nitrogens is 3. The largest absolute Gasteiger partial charge is 0.333 e. The molecule has 0 aliphatic heterocycles. The molecule has 0 radical (unpaired) electrons. The molecule has 0 saturated heterocycles. The number of amides is 2. The van der Waals surface area contributed by atoms with E-state index >= 15 is 0 Å². The van der Waals surface area contributed by atoms with Gasteiger partial charge in [-0.05, 0) is 48.6 Å². The van der Waals surface area contributed by atoms with E-state index in [0.29, 0.717) is 6.54 Å². The standard InChI is InChI=1S/C17H19N5OS/c1-12-7-8-24-16(12)9-19-17(23)21-13(2)14-3-5-15(6-4-14)22-11-18-10-20-22/h3-8,10-11,13H,9H2,1-2H3,(H2,19,21,23). The predicted molar refractivity (Wildman–Crippen MR) is 94.2 cm³/mol. The van der Waals surface area contributed by atoms with Crippen LogP contribution in [0.3, 0.4) is 0 Å². The van der Waals surface area contributed by atoms with Crippen LogP contribution in [0.25, 0.3) is 5.69 Å². The Morgan fingerprint density at radius 3 is 2.71 bits per heavy atom. The maximum Gasteiger partial charge on any atom is 0.315 e. The van der Waals surface area contributed by atoms with Gasteiger partial charge in [-0.25, -0.2) is 14.5 Å². The average molecular weight is 341 g/mol. The summed E-state index contributed by atoms with van der Waals surface area (Å²) in [6, 6.07) is 9.66. The summed E-state index contributed by atoms with van der Waals surface area (Å²) in [7, 11) is 0. The number of carbonyl (C=O) groups is 1. The third kappa shape index (κ3) is 3.80. The zero-order valence-corrected chi connectivity index (χ0v) is 14.4. The van der Waals surface area contributed by atoms with Crippen molar-refractivity contribution >= 4 is 17.4 Å². The molecule has 6 nitrogen and oxygen atoms in total. The lowest BCUT2D eigenvalue weighted by Crippen LogP contribution is -2.36. The lowest BCUT2D eigenvalue weighted by Gasteiger charge is -2.15. The fraction of sp³-hybridized carbons (Fsp3) is 0.235. The Labute approximate surface area is 144 Å². The third-order valence-corrected chi connectivity index (χ3v) is 4.82. The Kier molecular flexibility index (Phi) is 4.90. The molecule has 2 heterocycles. The second-order valence-corrected chi connectivity index (χ2v) is 6.51. The summed E-state index contributed by atoms with van der Waals surface area (Å²) in [5, 5.41) is 12.0. The molecule has 0 spiro atoms. The highest BCUT2D eigenvalue weighted by molar-refractivity contribution is 7.10. The Morgan fingerprint density at radius 2 is 2.08 bits per heavy atom. The van der Waals surface area contributed by atoms with Crippen LogP contribution in [0.1, 0.15) is 29.0 Å². The van der Waals surface area contributed by atoms with Gasteiger partial charge < -0.3 is 10.6 Å². The molecule has 0 bridgehead atoms. The summed E-state index contributed by atoms with van der Waals surface area (Å²) in [4.78, 5) is 17.2. The molecule has 3 aromatic rings.